The van der Waals surface area contributed by atoms with Gasteiger partial charge in [0.1, 0.15) is 5.82 Å². The van der Waals surface area contributed by atoms with Gasteiger partial charge in [-0.25, -0.2) is 12.8 Å². The number of anilines is 1. The predicted molar refractivity (Wildman–Crippen MR) is 72.2 cm³/mol. The first-order valence-electron chi connectivity index (χ1n) is 5.39. The Morgan fingerprint density at radius 3 is 2.74 bits per heavy atom. The molecule has 0 radical (unpaired) electrons. The minimum absolute atomic E-state index is 0.0604. The molecule has 4 nitrogen and oxygen atoms in total. The fourth-order valence-corrected chi connectivity index (χ4v) is 3.75. The van der Waals surface area contributed by atoms with E-state index < -0.39 is 15.8 Å². The molecule has 2 aromatic rings. The van der Waals surface area contributed by atoms with Gasteiger partial charge in [0.25, 0.3) is 10.0 Å². The molecule has 2 rings (SSSR count). The highest BCUT2D eigenvalue weighted by atomic mass is 32.2. The number of aliphatic hydroxyl groups excluding tert-OH is 1. The summed E-state index contributed by atoms with van der Waals surface area (Å²) in [5, 5.41) is 10.4. The Hall–Kier alpha value is -1.44. The Kier molecular flexibility index (Phi) is 3.88. The lowest BCUT2D eigenvalue weighted by atomic mass is 10.2. The van der Waals surface area contributed by atoms with Crippen molar-refractivity contribution in [3.8, 4) is 0 Å². The van der Waals surface area contributed by atoms with Crippen molar-refractivity contribution >= 4 is 27.0 Å². The summed E-state index contributed by atoms with van der Waals surface area (Å²) in [6.45, 7) is 1.48. The maximum atomic E-state index is 13.1. The quantitative estimate of drug-likeness (QED) is 0.912. The maximum absolute atomic E-state index is 13.1. The SMILES string of the molecule is Cc1ccc(F)cc1NS(=O)(=O)c1csc(CO)c1. The number of hydrogen-bond acceptors (Lipinski definition) is 4. The van der Waals surface area contributed by atoms with Crippen LogP contribution < -0.4 is 4.72 Å². The molecule has 1 aromatic carbocycles. The summed E-state index contributed by atoms with van der Waals surface area (Å²) in [6, 6.07) is 5.29. The van der Waals surface area contributed by atoms with E-state index in [1.54, 1.807) is 6.92 Å². The van der Waals surface area contributed by atoms with Crippen LogP contribution in [0.2, 0.25) is 0 Å². The predicted octanol–water partition coefficient (Wildman–Crippen LogP) is 2.49. The molecule has 0 spiro atoms. The number of sulfonamides is 1. The van der Waals surface area contributed by atoms with Crippen LogP contribution in [-0.2, 0) is 16.6 Å². The number of aliphatic hydroxyl groups is 1. The van der Waals surface area contributed by atoms with Gasteiger partial charge in [-0.2, -0.15) is 0 Å². The highest BCUT2D eigenvalue weighted by Gasteiger charge is 2.17. The van der Waals surface area contributed by atoms with Crippen molar-refractivity contribution in [3.05, 3.63) is 45.9 Å². The van der Waals surface area contributed by atoms with Crippen LogP contribution in [0.1, 0.15) is 10.4 Å². The molecular weight excluding hydrogens is 289 g/mol. The number of halogens is 1. The smallest absolute Gasteiger partial charge is 0.262 e. The molecule has 7 heteroatoms. The summed E-state index contributed by atoms with van der Waals surface area (Å²) in [4.78, 5) is 0.613. The number of aryl methyl sites for hydroxylation is 1. The molecule has 0 aliphatic carbocycles. The van der Waals surface area contributed by atoms with E-state index in [-0.39, 0.29) is 17.2 Å². The topological polar surface area (TPSA) is 66.4 Å². The van der Waals surface area contributed by atoms with E-state index >= 15 is 0 Å². The summed E-state index contributed by atoms with van der Waals surface area (Å²) in [5.74, 6) is -0.510. The second kappa shape index (κ2) is 5.28. The van der Waals surface area contributed by atoms with Crippen LogP contribution in [-0.4, -0.2) is 13.5 Å². The van der Waals surface area contributed by atoms with E-state index in [0.717, 1.165) is 17.4 Å². The second-order valence-corrected chi connectivity index (χ2v) is 6.65. The van der Waals surface area contributed by atoms with Crippen molar-refractivity contribution in [1.29, 1.82) is 0 Å². The third kappa shape index (κ3) is 3.12. The van der Waals surface area contributed by atoms with Gasteiger partial charge in [0.2, 0.25) is 0 Å². The molecule has 0 aliphatic heterocycles. The fraction of sp³-hybridized carbons (Fsp3) is 0.167. The van der Waals surface area contributed by atoms with Crippen molar-refractivity contribution in [2.75, 3.05) is 4.72 Å². The molecule has 2 N–H and O–H groups in total. The van der Waals surface area contributed by atoms with Crippen LogP contribution >= 0.6 is 11.3 Å². The third-order valence-corrected chi connectivity index (χ3v) is 4.96. The second-order valence-electron chi connectivity index (χ2n) is 3.97. The summed E-state index contributed by atoms with van der Waals surface area (Å²) >= 11 is 1.15. The van der Waals surface area contributed by atoms with Crippen molar-refractivity contribution in [2.45, 2.75) is 18.4 Å². The van der Waals surface area contributed by atoms with E-state index in [2.05, 4.69) is 4.72 Å². The maximum Gasteiger partial charge on any atom is 0.262 e. The standard InChI is InChI=1S/C12H12FNO3S2/c1-8-2-3-9(13)4-12(8)14-19(16,17)11-5-10(6-15)18-7-11/h2-5,7,14-15H,6H2,1H3. The third-order valence-electron chi connectivity index (χ3n) is 2.54. The lowest BCUT2D eigenvalue weighted by Gasteiger charge is -2.09. The largest absolute Gasteiger partial charge is 0.391 e. The van der Waals surface area contributed by atoms with Gasteiger partial charge < -0.3 is 5.11 Å². The van der Waals surface area contributed by atoms with Gasteiger partial charge in [0.15, 0.2) is 0 Å². The summed E-state index contributed by atoms with van der Waals surface area (Å²) < 4.78 is 39.6. The molecule has 0 bridgehead atoms. The molecule has 1 heterocycles. The van der Waals surface area contributed by atoms with E-state index in [1.165, 1.54) is 23.6 Å². The summed E-state index contributed by atoms with van der Waals surface area (Å²) in [6.07, 6.45) is 0. The number of thiophene rings is 1. The van der Waals surface area contributed by atoms with Crippen LogP contribution in [0.25, 0.3) is 0 Å². The molecule has 1 aromatic heterocycles. The van der Waals surface area contributed by atoms with Gasteiger partial charge >= 0.3 is 0 Å². The highest BCUT2D eigenvalue weighted by molar-refractivity contribution is 7.92. The van der Waals surface area contributed by atoms with Crippen LogP contribution in [0.4, 0.5) is 10.1 Å². The average molecular weight is 301 g/mol. The Balaban J connectivity index is 2.33. The molecule has 102 valence electrons. The Morgan fingerprint density at radius 2 is 2.11 bits per heavy atom. The first kappa shape index (κ1) is 14.0. The molecule has 19 heavy (non-hydrogen) atoms. The zero-order valence-corrected chi connectivity index (χ0v) is 11.7. The molecule has 0 atom stereocenters. The van der Waals surface area contributed by atoms with E-state index in [4.69, 9.17) is 5.11 Å². The van der Waals surface area contributed by atoms with E-state index in [9.17, 15) is 12.8 Å². The van der Waals surface area contributed by atoms with Crippen LogP contribution in [0.5, 0.6) is 0 Å². The Bertz CT molecular complexity index is 695. The molecule has 0 fully saturated rings. The summed E-state index contributed by atoms with van der Waals surface area (Å²) in [5.41, 5.74) is 0.833. The first-order chi connectivity index (χ1) is 8.92. The van der Waals surface area contributed by atoms with Gasteiger partial charge in [0, 0.05) is 10.3 Å². The van der Waals surface area contributed by atoms with Crippen molar-refractivity contribution < 1.29 is 17.9 Å². The van der Waals surface area contributed by atoms with Gasteiger partial charge in [0.05, 0.1) is 17.2 Å². The van der Waals surface area contributed by atoms with E-state index in [1.807, 2.05) is 0 Å². The highest BCUT2D eigenvalue weighted by Crippen LogP contribution is 2.24. The first-order valence-corrected chi connectivity index (χ1v) is 7.76. The van der Waals surface area contributed by atoms with Gasteiger partial charge in [-0.3, -0.25) is 4.72 Å². The van der Waals surface area contributed by atoms with E-state index in [0.29, 0.717) is 10.4 Å². The number of benzene rings is 1. The molecular formula is C12H12FNO3S2. The summed E-state index contributed by atoms with van der Waals surface area (Å²) in [7, 11) is -3.76. The van der Waals surface area contributed by atoms with Crippen molar-refractivity contribution in [1.82, 2.24) is 0 Å². The van der Waals surface area contributed by atoms with Crippen LogP contribution in [0, 0.1) is 12.7 Å². The lowest BCUT2D eigenvalue weighted by molar-refractivity contribution is 0.285. The lowest BCUT2D eigenvalue weighted by Crippen LogP contribution is -2.13. The average Bonchev–Trinajstić information content (AvgIpc) is 2.83. The van der Waals surface area contributed by atoms with Crippen LogP contribution in [0.15, 0.2) is 34.5 Å². The Labute approximate surface area is 114 Å². The normalized spacial score (nSPS) is 11.5. The molecule has 0 saturated heterocycles. The molecule has 0 amide bonds. The monoisotopic (exact) mass is 301 g/mol. The number of hydrogen-bond donors (Lipinski definition) is 2. The van der Waals surface area contributed by atoms with Crippen LogP contribution in [0.3, 0.4) is 0 Å². The van der Waals surface area contributed by atoms with Gasteiger partial charge in [-0.05, 0) is 30.7 Å². The zero-order chi connectivity index (χ0) is 14.0. The Morgan fingerprint density at radius 1 is 1.37 bits per heavy atom. The van der Waals surface area contributed by atoms with Gasteiger partial charge in [-0.15, -0.1) is 11.3 Å². The van der Waals surface area contributed by atoms with Crippen molar-refractivity contribution in [3.63, 3.8) is 0 Å². The number of rotatable bonds is 4. The van der Waals surface area contributed by atoms with Gasteiger partial charge in [-0.1, -0.05) is 6.07 Å². The molecule has 0 saturated carbocycles. The molecule has 0 unspecified atom stereocenters. The zero-order valence-electron chi connectivity index (χ0n) is 10.1. The van der Waals surface area contributed by atoms with Crippen molar-refractivity contribution in [2.24, 2.45) is 0 Å². The number of nitrogens with one attached hydrogen (secondary N) is 1. The fourth-order valence-electron chi connectivity index (χ4n) is 1.49. The minimum Gasteiger partial charge on any atom is -0.391 e. The molecule has 0 aliphatic rings. The minimum atomic E-state index is -3.76.